The molecule has 0 nitrogen and oxygen atoms in total. The van der Waals surface area contributed by atoms with Crippen molar-refractivity contribution < 1.29 is 0 Å². The molecule has 10 rings (SSSR count). The zero-order valence-electron chi connectivity index (χ0n) is 27.5. The van der Waals surface area contributed by atoms with Crippen molar-refractivity contribution in [1.82, 2.24) is 0 Å². The third-order valence-electron chi connectivity index (χ3n) is 10.4. The Morgan fingerprint density at radius 2 is 0.520 bits per heavy atom. The third-order valence-corrected chi connectivity index (χ3v) is 10.4. The summed E-state index contributed by atoms with van der Waals surface area (Å²) in [5.41, 5.74) is 9.96. The number of hydrogen-bond donors (Lipinski definition) is 0. The molecule has 0 fully saturated rings. The maximum atomic E-state index is 2.42. The van der Waals surface area contributed by atoms with E-state index in [9.17, 15) is 0 Å². The van der Waals surface area contributed by atoms with Crippen LogP contribution in [0.1, 0.15) is 0 Å². The number of rotatable bonds is 4. The van der Waals surface area contributed by atoms with Gasteiger partial charge in [0, 0.05) is 0 Å². The minimum Gasteiger partial charge on any atom is -0.0622 e. The van der Waals surface area contributed by atoms with Crippen LogP contribution in [-0.4, -0.2) is 0 Å². The molecule has 0 heteroatoms. The van der Waals surface area contributed by atoms with Crippen molar-refractivity contribution in [2.24, 2.45) is 0 Å². The molecule has 0 aromatic heterocycles. The average Bonchev–Trinajstić information content (AvgIpc) is 3.20. The van der Waals surface area contributed by atoms with Crippen molar-refractivity contribution in [2.45, 2.75) is 0 Å². The molecule has 0 amide bonds. The summed E-state index contributed by atoms with van der Waals surface area (Å²) in [7, 11) is 0. The highest BCUT2D eigenvalue weighted by atomic mass is 14.2. The lowest BCUT2D eigenvalue weighted by atomic mass is 9.84. The van der Waals surface area contributed by atoms with E-state index >= 15 is 0 Å². The first-order chi connectivity index (χ1) is 24.8. The predicted octanol–water partition coefficient (Wildman–Crippen LogP) is 14.1. The number of fused-ring (bicyclic) bond motifs is 7. The highest BCUT2D eigenvalue weighted by Crippen LogP contribution is 2.45. The zero-order chi connectivity index (χ0) is 33.0. The summed E-state index contributed by atoms with van der Waals surface area (Å²) in [6.45, 7) is 0. The van der Waals surface area contributed by atoms with Crippen LogP contribution in [0.15, 0.2) is 194 Å². The molecule has 10 aromatic carbocycles. The van der Waals surface area contributed by atoms with Gasteiger partial charge in [0.05, 0.1) is 0 Å². The summed E-state index contributed by atoms with van der Waals surface area (Å²) < 4.78 is 0. The molecule has 10 aromatic rings. The van der Waals surface area contributed by atoms with Gasteiger partial charge in [0.1, 0.15) is 0 Å². The van der Waals surface area contributed by atoms with Gasteiger partial charge in [-0.3, -0.25) is 0 Å². The summed E-state index contributed by atoms with van der Waals surface area (Å²) >= 11 is 0. The molecular formula is C50H32. The second-order valence-electron chi connectivity index (χ2n) is 13.3. The first-order valence-electron chi connectivity index (χ1n) is 17.3. The van der Waals surface area contributed by atoms with Gasteiger partial charge in [-0.2, -0.15) is 0 Å². The van der Waals surface area contributed by atoms with Crippen LogP contribution in [-0.2, 0) is 0 Å². The highest BCUT2D eigenvalue weighted by molar-refractivity contribution is 6.22. The lowest BCUT2D eigenvalue weighted by Crippen LogP contribution is -1.91. The minimum absolute atomic E-state index is 1.22. The molecule has 0 atom stereocenters. The zero-order valence-corrected chi connectivity index (χ0v) is 27.5. The summed E-state index contributed by atoms with van der Waals surface area (Å²) in [6.07, 6.45) is 0. The van der Waals surface area contributed by atoms with E-state index in [0.717, 1.165) is 0 Å². The fraction of sp³-hybridized carbons (Fsp3) is 0. The van der Waals surface area contributed by atoms with Gasteiger partial charge in [0.2, 0.25) is 0 Å². The van der Waals surface area contributed by atoms with Gasteiger partial charge in [0.25, 0.3) is 0 Å². The van der Waals surface area contributed by atoms with E-state index in [1.54, 1.807) is 0 Å². The molecular weight excluding hydrogens is 601 g/mol. The number of hydrogen-bond acceptors (Lipinski definition) is 0. The molecule has 0 N–H and O–H groups in total. The van der Waals surface area contributed by atoms with E-state index in [2.05, 4.69) is 194 Å². The van der Waals surface area contributed by atoms with Gasteiger partial charge in [-0.15, -0.1) is 0 Å². The maximum Gasteiger partial charge on any atom is -0.00262 e. The molecule has 0 heterocycles. The van der Waals surface area contributed by atoms with Crippen LogP contribution in [0.2, 0.25) is 0 Å². The Balaban J connectivity index is 1.21. The van der Waals surface area contributed by atoms with Crippen molar-refractivity contribution in [1.29, 1.82) is 0 Å². The van der Waals surface area contributed by atoms with Crippen LogP contribution in [0, 0.1) is 0 Å². The van der Waals surface area contributed by atoms with Crippen LogP contribution in [0.25, 0.3) is 98.4 Å². The lowest BCUT2D eigenvalue weighted by molar-refractivity contribution is 1.64. The quantitative estimate of drug-likeness (QED) is 0.134. The molecule has 0 unspecified atom stereocenters. The fourth-order valence-electron chi connectivity index (χ4n) is 8.04. The molecule has 0 aliphatic rings. The molecule has 0 bridgehead atoms. The lowest BCUT2D eigenvalue weighted by Gasteiger charge is -2.19. The number of benzene rings is 10. The second-order valence-corrected chi connectivity index (χ2v) is 13.3. The molecule has 0 spiro atoms. The molecule has 0 saturated carbocycles. The summed E-state index contributed by atoms with van der Waals surface area (Å²) in [6, 6.07) is 71.3. The van der Waals surface area contributed by atoms with E-state index in [0.29, 0.717) is 0 Å². The first-order valence-corrected chi connectivity index (χ1v) is 17.3. The van der Waals surface area contributed by atoms with E-state index in [-0.39, 0.29) is 0 Å². The monoisotopic (exact) mass is 632 g/mol. The Morgan fingerprint density at radius 1 is 0.180 bits per heavy atom. The van der Waals surface area contributed by atoms with E-state index < -0.39 is 0 Å². The standard InChI is InChI=1S/C50H32/c1-4-12-33(13-5-1)38-22-20-34-24-28-42-41(46(34)30-38)27-25-35-21-23-39(31-47(35)42)40-26-29-45-48(32-40)50(37-16-8-3-9-17-37)44-19-11-10-18-43(44)49(45)36-14-6-2-7-15-36/h1-32H. The van der Waals surface area contributed by atoms with Gasteiger partial charge >= 0.3 is 0 Å². The average molecular weight is 633 g/mol. The van der Waals surface area contributed by atoms with Gasteiger partial charge in [0.15, 0.2) is 0 Å². The van der Waals surface area contributed by atoms with Crippen molar-refractivity contribution in [3.63, 3.8) is 0 Å². The molecule has 50 heavy (non-hydrogen) atoms. The van der Waals surface area contributed by atoms with Crippen LogP contribution < -0.4 is 0 Å². The Hall–Kier alpha value is -6.50. The topological polar surface area (TPSA) is 0 Å². The summed E-state index contributed by atoms with van der Waals surface area (Å²) in [4.78, 5) is 0. The van der Waals surface area contributed by atoms with Crippen molar-refractivity contribution in [3.8, 4) is 44.5 Å². The first kappa shape index (κ1) is 28.5. The Kier molecular flexibility index (Phi) is 6.60. The van der Waals surface area contributed by atoms with Crippen molar-refractivity contribution in [2.75, 3.05) is 0 Å². The van der Waals surface area contributed by atoms with Crippen molar-refractivity contribution >= 4 is 53.9 Å². The third kappa shape index (κ3) is 4.61. The van der Waals surface area contributed by atoms with Crippen molar-refractivity contribution in [3.05, 3.63) is 194 Å². The summed E-state index contributed by atoms with van der Waals surface area (Å²) in [5, 5.41) is 12.7. The van der Waals surface area contributed by atoms with Crippen LogP contribution >= 0.6 is 0 Å². The van der Waals surface area contributed by atoms with Crippen LogP contribution in [0.3, 0.4) is 0 Å². The van der Waals surface area contributed by atoms with Gasteiger partial charge in [-0.1, -0.05) is 176 Å². The smallest absolute Gasteiger partial charge is 0.00262 e. The maximum absolute atomic E-state index is 2.42. The van der Waals surface area contributed by atoms with E-state index in [1.165, 1.54) is 98.4 Å². The van der Waals surface area contributed by atoms with Crippen LogP contribution in [0.4, 0.5) is 0 Å². The molecule has 0 saturated heterocycles. The van der Waals surface area contributed by atoms with Gasteiger partial charge in [-0.25, -0.2) is 0 Å². The molecule has 0 aliphatic heterocycles. The Labute approximate surface area is 291 Å². The van der Waals surface area contributed by atoms with Crippen LogP contribution in [0.5, 0.6) is 0 Å². The highest BCUT2D eigenvalue weighted by Gasteiger charge is 2.17. The van der Waals surface area contributed by atoms with E-state index in [1.807, 2.05) is 0 Å². The van der Waals surface area contributed by atoms with Gasteiger partial charge in [-0.05, 0) is 117 Å². The SMILES string of the molecule is c1ccc(-c2ccc3ccc4c5cc(-c6ccc7c(-c8ccccc8)c8ccccc8c(-c8ccccc8)c7c6)ccc5ccc4c3c2)cc1. The second kappa shape index (κ2) is 11.6. The van der Waals surface area contributed by atoms with Gasteiger partial charge < -0.3 is 0 Å². The minimum atomic E-state index is 1.22. The largest absolute Gasteiger partial charge is 0.0622 e. The predicted molar refractivity (Wildman–Crippen MR) is 216 cm³/mol. The normalized spacial score (nSPS) is 11.6. The Morgan fingerprint density at radius 3 is 1.04 bits per heavy atom. The fourth-order valence-corrected chi connectivity index (χ4v) is 8.04. The molecule has 0 aliphatic carbocycles. The Bertz CT molecular complexity index is 2880. The van der Waals surface area contributed by atoms with E-state index in [4.69, 9.17) is 0 Å². The summed E-state index contributed by atoms with van der Waals surface area (Å²) in [5.74, 6) is 0. The molecule has 232 valence electrons. The molecule has 0 radical (unpaired) electrons.